The van der Waals surface area contributed by atoms with E-state index in [2.05, 4.69) is 5.32 Å². The van der Waals surface area contributed by atoms with Crippen molar-refractivity contribution in [2.75, 3.05) is 12.4 Å². The standard InChI is InChI=1S/C16H16ClNO3/c1-11(21-13-6-4-3-5-7-13)16(19)18-12-8-9-15(20-2)14(17)10-12/h3-11H,1-2H3,(H,18,19)/t11-/m0/s1. The lowest BCUT2D eigenvalue weighted by Gasteiger charge is -2.15. The monoisotopic (exact) mass is 305 g/mol. The molecule has 2 aromatic rings. The second-order valence-corrected chi connectivity index (χ2v) is 4.82. The molecule has 4 nitrogen and oxygen atoms in total. The van der Waals surface area contributed by atoms with Gasteiger partial charge in [0, 0.05) is 5.69 Å². The highest BCUT2D eigenvalue weighted by Crippen LogP contribution is 2.27. The molecule has 2 rings (SSSR count). The van der Waals surface area contributed by atoms with Gasteiger partial charge in [-0.1, -0.05) is 29.8 Å². The summed E-state index contributed by atoms with van der Waals surface area (Å²) >= 11 is 6.01. The molecular formula is C16H16ClNO3. The number of halogens is 1. The number of rotatable bonds is 5. The normalized spacial score (nSPS) is 11.6. The Kier molecular flexibility index (Phi) is 5.06. The minimum Gasteiger partial charge on any atom is -0.495 e. The summed E-state index contributed by atoms with van der Waals surface area (Å²) in [7, 11) is 1.54. The summed E-state index contributed by atoms with van der Waals surface area (Å²) in [6, 6.07) is 14.2. The van der Waals surface area contributed by atoms with Crippen molar-refractivity contribution in [1.82, 2.24) is 0 Å². The number of benzene rings is 2. The lowest BCUT2D eigenvalue weighted by atomic mass is 10.2. The highest BCUT2D eigenvalue weighted by molar-refractivity contribution is 6.32. The smallest absolute Gasteiger partial charge is 0.265 e. The molecule has 1 N–H and O–H groups in total. The second kappa shape index (κ2) is 6.99. The number of carbonyl (C=O) groups excluding carboxylic acids is 1. The lowest BCUT2D eigenvalue weighted by molar-refractivity contribution is -0.122. The maximum Gasteiger partial charge on any atom is 0.265 e. The predicted molar refractivity (Wildman–Crippen MR) is 83.2 cm³/mol. The van der Waals surface area contributed by atoms with Gasteiger partial charge in [-0.15, -0.1) is 0 Å². The van der Waals surface area contributed by atoms with Crippen LogP contribution in [-0.2, 0) is 4.79 Å². The topological polar surface area (TPSA) is 47.6 Å². The summed E-state index contributed by atoms with van der Waals surface area (Å²) < 4.78 is 10.6. The number of para-hydroxylation sites is 1. The molecule has 0 aromatic heterocycles. The summed E-state index contributed by atoms with van der Waals surface area (Å²) in [4.78, 5) is 12.1. The van der Waals surface area contributed by atoms with Crippen molar-refractivity contribution in [3.63, 3.8) is 0 Å². The maximum absolute atomic E-state index is 12.1. The third kappa shape index (κ3) is 4.13. The molecule has 110 valence electrons. The Balaban J connectivity index is 1.99. The third-order valence-corrected chi connectivity index (χ3v) is 3.14. The van der Waals surface area contributed by atoms with Crippen LogP contribution in [0.5, 0.6) is 11.5 Å². The number of hydrogen-bond donors (Lipinski definition) is 1. The Bertz CT molecular complexity index is 616. The van der Waals surface area contributed by atoms with Gasteiger partial charge in [0.1, 0.15) is 11.5 Å². The van der Waals surface area contributed by atoms with Crippen LogP contribution in [0.4, 0.5) is 5.69 Å². The Hall–Kier alpha value is -2.20. The van der Waals surface area contributed by atoms with Gasteiger partial charge in [-0.25, -0.2) is 0 Å². The van der Waals surface area contributed by atoms with E-state index in [1.807, 2.05) is 18.2 Å². The largest absolute Gasteiger partial charge is 0.495 e. The molecule has 0 aliphatic carbocycles. The van der Waals surface area contributed by atoms with Crippen LogP contribution < -0.4 is 14.8 Å². The van der Waals surface area contributed by atoms with Crippen LogP contribution in [0.2, 0.25) is 5.02 Å². The first-order chi connectivity index (χ1) is 10.1. The highest BCUT2D eigenvalue weighted by Gasteiger charge is 2.15. The molecule has 0 aliphatic rings. The summed E-state index contributed by atoms with van der Waals surface area (Å²) in [5, 5.41) is 3.19. The van der Waals surface area contributed by atoms with Gasteiger partial charge in [-0.3, -0.25) is 4.79 Å². The molecule has 2 aromatic carbocycles. The minimum atomic E-state index is -0.617. The SMILES string of the molecule is COc1ccc(NC(=O)[C@H](C)Oc2ccccc2)cc1Cl. The fraction of sp³-hybridized carbons (Fsp3) is 0.188. The van der Waals surface area contributed by atoms with E-state index in [0.29, 0.717) is 22.2 Å². The highest BCUT2D eigenvalue weighted by atomic mass is 35.5. The van der Waals surface area contributed by atoms with Crippen LogP contribution in [0.3, 0.4) is 0 Å². The van der Waals surface area contributed by atoms with Crippen molar-refractivity contribution >= 4 is 23.2 Å². The van der Waals surface area contributed by atoms with Gasteiger partial charge in [-0.05, 0) is 37.3 Å². The van der Waals surface area contributed by atoms with E-state index < -0.39 is 6.10 Å². The second-order valence-electron chi connectivity index (χ2n) is 4.41. The van der Waals surface area contributed by atoms with E-state index in [9.17, 15) is 4.79 Å². The van der Waals surface area contributed by atoms with E-state index in [-0.39, 0.29) is 5.91 Å². The van der Waals surface area contributed by atoms with Crippen LogP contribution >= 0.6 is 11.6 Å². The molecule has 21 heavy (non-hydrogen) atoms. The predicted octanol–water partition coefficient (Wildman–Crippen LogP) is 3.75. The van der Waals surface area contributed by atoms with Gasteiger partial charge >= 0.3 is 0 Å². The van der Waals surface area contributed by atoms with Crippen LogP contribution in [0.15, 0.2) is 48.5 Å². The van der Waals surface area contributed by atoms with Gasteiger partial charge in [0.2, 0.25) is 0 Å². The lowest BCUT2D eigenvalue weighted by Crippen LogP contribution is -2.30. The molecule has 1 amide bonds. The number of ether oxygens (including phenoxy) is 2. The first-order valence-electron chi connectivity index (χ1n) is 6.46. The fourth-order valence-electron chi connectivity index (χ4n) is 1.74. The van der Waals surface area contributed by atoms with Gasteiger partial charge in [0.05, 0.1) is 12.1 Å². The summed E-state index contributed by atoms with van der Waals surface area (Å²) in [5.74, 6) is 0.955. The van der Waals surface area contributed by atoms with Crippen molar-refractivity contribution in [3.8, 4) is 11.5 Å². The van der Waals surface area contributed by atoms with E-state index in [1.165, 1.54) is 7.11 Å². The molecule has 0 aliphatic heterocycles. The molecule has 0 spiro atoms. The summed E-state index contributed by atoms with van der Waals surface area (Å²) in [6.45, 7) is 1.69. The minimum absolute atomic E-state index is 0.250. The van der Waals surface area contributed by atoms with Crippen LogP contribution in [0.1, 0.15) is 6.92 Å². The van der Waals surface area contributed by atoms with Crippen molar-refractivity contribution in [2.24, 2.45) is 0 Å². The molecule has 0 radical (unpaired) electrons. The molecule has 0 saturated carbocycles. The Morgan fingerprint density at radius 3 is 2.52 bits per heavy atom. The van der Waals surface area contributed by atoms with E-state index in [4.69, 9.17) is 21.1 Å². The molecule has 0 saturated heterocycles. The number of amides is 1. The van der Waals surface area contributed by atoms with E-state index in [1.54, 1.807) is 37.3 Å². The summed E-state index contributed by atoms with van der Waals surface area (Å²) in [5.41, 5.74) is 0.592. The molecule has 0 bridgehead atoms. The number of hydrogen-bond acceptors (Lipinski definition) is 3. The van der Waals surface area contributed by atoms with Crippen LogP contribution in [0, 0.1) is 0 Å². The molecule has 0 heterocycles. The van der Waals surface area contributed by atoms with Crippen LogP contribution in [-0.4, -0.2) is 19.1 Å². The first kappa shape index (κ1) is 15.2. The summed E-state index contributed by atoms with van der Waals surface area (Å²) in [6.07, 6.45) is -0.617. The third-order valence-electron chi connectivity index (χ3n) is 2.84. The first-order valence-corrected chi connectivity index (χ1v) is 6.84. The van der Waals surface area contributed by atoms with Gasteiger partial charge in [0.15, 0.2) is 6.10 Å². The quantitative estimate of drug-likeness (QED) is 0.915. The maximum atomic E-state index is 12.1. The molecule has 5 heteroatoms. The zero-order valence-corrected chi connectivity index (χ0v) is 12.6. The van der Waals surface area contributed by atoms with Gasteiger partial charge < -0.3 is 14.8 Å². The zero-order valence-electron chi connectivity index (χ0n) is 11.8. The van der Waals surface area contributed by atoms with Gasteiger partial charge in [-0.2, -0.15) is 0 Å². The van der Waals surface area contributed by atoms with Crippen molar-refractivity contribution in [1.29, 1.82) is 0 Å². The molecule has 0 fully saturated rings. The fourth-order valence-corrected chi connectivity index (χ4v) is 2.00. The van der Waals surface area contributed by atoms with Crippen molar-refractivity contribution < 1.29 is 14.3 Å². The Morgan fingerprint density at radius 1 is 1.19 bits per heavy atom. The average Bonchev–Trinajstić information content (AvgIpc) is 2.48. The Morgan fingerprint density at radius 2 is 1.90 bits per heavy atom. The molecular weight excluding hydrogens is 290 g/mol. The van der Waals surface area contributed by atoms with Crippen molar-refractivity contribution in [2.45, 2.75) is 13.0 Å². The molecule has 1 atom stereocenters. The average molecular weight is 306 g/mol. The number of methoxy groups -OCH3 is 1. The van der Waals surface area contributed by atoms with Crippen molar-refractivity contribution in [3.05, 3.63) is 53.6 Å². The van der Waals surface area contributed by atoms with Gasteiger partial charge in [0.25, 0.3) is 5.91 Å². The number of carbonyl (C=O) groups is 1. The number of nitrogens with one attached hydrogen (secondary N) is 1. The zero-order chi connectivity index (χ0) is 15.2. The van der Waals surface area contributed by atoms with E-state index in [0.717, 1.165) is 0 Å². The number of anilines is 1. The Labute approximate surface area is 128 Å². The van der Waals surface area contributed by atoms with Crippen LogP contribution in [0.25, 0.3) is 0 Å². The molecule has 0 unspecified atom stereocenters. The van der Waals surface area contributed by atoms with E-state index >= 15 is 0 Å².